The van der Waals surface area contributed by atoms with Crippen molar-refractivity contribution >= 4 is 37.3 Å². The molecule has 0 aliphatic carbocycles. The number of sulfonamides is 1. The van der Waals surface area contributed by atoms with E-state index in [1.54, 1.807) is 42.6 Å². The van der Waals surface area contributed by atoms with Crippen LogP contribution in [-0.4, -0.2) is 19.8 Å². The average molecular weight is 346 g/mol. The lowest BCUT2D eigenvalue weighted by Crippen LogP contribution is -2.26. The van der Waals surface area contributed by atoms with Crippen molar-refractivity contribution in [3.63, 3.8) is 0 Å². The highest BCUT2D eigenvalue weighted by molar-refractivity contribution is 9.10. The van der Waals surface area contributed by atoms with Crippen LogP contribution in [0.1, 0.15) is 5.56 Å². The van der Waals surface area contributed by atoms with Crippen LogP contribution in [0.4, 0.5) is 0 Å². The molecule has 0 radical (unpaired) electrons. The van der Waals surface area contributed by atoms with E-state index >= 15 is 0 Å². The van der Waals surface area contributed by atoms with E-state index in [4.69, 9.17) is 0 Å². The van der Waals surface area contributed by atoms with Crippen molar-refractivity contribution in [2.24, 2.45) is 0 Å². The molecule has 1 aromatic heterocycles. The SMILES string of the molecule is CN(Cc1ccsc1)S(=O)(=O)c1cccc(Br)c1. The summed E-state index contributed by atoms with van der Waals surface area (Å²) in [6.45, 7) is 0.387. The van der Waals surface area contributed by atoms with Crippen LogP contribution in [0.15, 0.2) is 50.5 Å². The zero-order valence-electron chi connectivity index (χ0n) is 9.71. The average Bonchev–Trinajstić information content (AvgIpc) is 2.81. The van der Waals surface area contributed by atoms with E-state index < -0.39 is 10.0 Å². The quantitative estimate of drug-likeness (QED) is 0.852. The highest BCUT2D eigenvalue weighted by atomic mass is 79.9. The Hall–Kier alpha value is -0.690. The minimum absolute atomic E-state index is 0.301. The Morgan fingerprint density at radius 2 is 2.11 bits per heavy atom. The van der Waals surface area contributed by atoms with Gasteiger partial charge in [0, 0.05) is 18.1 Å². The molecule has 0 spiro atoms. The smallest absolute Gasteiger partial charge is 0.207 e. The van der Waals surface area contributed by atoms with E-state index in [9.17, 15) is 8.42 Å². The third-order valence-corrected chi connectivity index (χ3v) is 5.51. The van der Waals surface area contributed by atoms with Crippen molar-refractivity contribution in [3.05, 3.63) is 51.1 Å². The maximum absolute atomic E-state index is 12.3. The normalized spacial score (nSPS) is 11.9. The number of thiophene rings is 1. The van der Waals surface area contributed by atoms with E-state index in [0.29, 0.717) is 11.4 Å². The van der Waals surface area contributed by atoms with E-state index in [1.807, 2.05) is 16.8 Å². The molecule has 0 N–H and O–H groups in total. The Bertz CT molecular complexity index is 623. The lowest BCUT2D eigenvalue weighted by molar-refractivity contribution is 0.467. The van der Waals surface area contributed by atoms with Gasteiger partial charge in [0.15, 0.2) is 0 Å². The van der Waals surface area contributed by atoms with Crippen LogP contribution in [0.3, 0.4) is 0 Å². The third kappa shape index (κ3) is 3.00. The molecule has 96 valence electrons. The summed E-state index contributed by atoms with van der Waals surface area (Å²) in [6.07, 6.45) is 0. The molecular formula is C12H12BrNO2S2. The van der Waals surface area contributed by atoms with Gasteiger partial charge in [-0.05, 0) is 40.6 Å². The molecule has 1 aromatic carbocycles. The predicted molar refractivity (Wildman–Crippen MR) is 77.1 cm³/mol. The van der Waals surface area contributed by atoms with Gasteiger partial charge in [-0.2, -0.15) is 15.6 Å². The van der Waals surface area contributed by atoms with E-state index in [0.717, 1.165) is 10.0 Å². The molecular weight excluding hydrogens is 334 g/mol. The van der Waals surface area contributed by atoms with Crippen LogP contribution in [0.2, 0.25) is 0 Å². The monoisotopic (exact) mass is 345 g/mol. The maximum atomic E-state index is 12.3. The Labute approximate surface area is 119 Å². The van der Waals surface area contributed by atoms with Gasteiger partial charge in [-0.1, -0.05) is 22.0 Å². The lowest BCUT2D eigenvalue weighted by atomic mass is 10.3. The fraction of sp³-hybridized carbons (Fsp3) is 0.167. The van der Waals surface area contributed by atoms with Crippen LogP contribution >= 0.6 is 27.3 Å². The Balaban J connectivity index is 2.25. The predicted octanol–water partition coefficient (Wildman–Crippen LogP) is 3.33. The summed E-state index contributed by atoms with van der Waals surface area (Å²) in [7, 11) is -1.84. The van der Waals surface area contributed by atoms with Crippen molar-refractivity contribution in [2.45, 2.75) is 11.4 Å². The first-order valence-corrected chi connectivity index (χ1v) is 8.41. The van der Waals surface area contributed by atoms with Crippen molar-refractivity contribution in [3.8, 4) is 0 Å². The molecule has 2 aromatic rings. The van der Waals surface area contributed by atoms with Crippen molar-refractivity contribution in [1.29, 1.82) is 0 Å². The lowest BCUT2D eigenvalue weighted by Gasteiger charge is -2.16. The van der Waals surface area contributed by atoms with Gasteiger partial charge in [0.05, 0.1) is 4.90 Å². The Morgan fingerprint density at radius 3 is 2.72 bits per heavy atom. The van der Waals surface area contributed by atoms with Gasteiger partial charge >= 0.3 is 0 Å². The molecule has 0 saturated heterocycles. The van der Waals surface area contributed by atoms with Crippen molar-refractivity contribution in [2.75, 3.05) is 7.05 Å². The molecule has 1 heterocycles. The summed E-state index contributed by atoms with van der Waals surface area (Å²) in [6, 6.07) is 8.66. The molecule has 0 amide bonds. The number of hydrogen-bond donors (Lipinski definition) is 0. The molecule has 0 bridgehead atoms. The van der Waals surface area contributed by atoms with Crippen molar-refractivity contribution in [1.82, 2.24) is 4.31 Å². The van der Waals surface area contributed by atoms with Crippen LogP contribution < -0.4 is 0 Å². The summed E-state index contributed by atoms with van der Waals surface area (Å²) in [5.41, 5.74) is 1.00. The molecule has 0 atom stereocenters. The number of halogens is 1. The number of nitrogens with zero attached hydrogens (tertiary/aromatic N) is 1. The van der Waals surface area contributed by atoms with E-state index in [2.05, 4.69) is 15.9 Å². The van der Waals surface area contributed by atoms with Gasteiger partial charge in [-0.3, -0.25) is 0 Å². The summed E-state index contributed by atoms with van der Waals surface area (Å²) in [4.78, 5) is 0.301. The van der Waals surface area contributed by atoms with Crippen LogP contribution in [0.5, 0.6) is 0 Å². The summed E-state index contributed by atoms with van der Waals surface area (Å²) in [5, 5.41) is 3.89. The standard InChI is InChI=1S/C12H12BrNO2S2/c1-14(8-10-5-6-17-9-10)18(15,16)12-4-2-3-11(13)7-12/h2-7,9H,8H2,1H3. The summed E-state index contributed by atoms with van der Waals surface area (Å²) in [5.74, 6) is 0. The largest absolute Gasteiger partial charge is 0.243 e. The van der Waals surface area contributed by atoms with Gasteiger partial charge in [0.2, 0.25) is 10.0 Å². The number of rotatable bonds is 4. The molecule has 3 nitrogen and oxygen atoms in total. The third-order valence-electron chi connectivity index (χ3n) is 2.49. The highest BCUT2D eigenvalue weighted by Crippen LogP contribution is 2.20. The van der Waals surface area contributed by atoms with Gasteiger partial charge in [0.1, 0.15) is 0 Å². The molecule has 0 fully saturated rings. The van der Waals surface area contributed by atoms with Gasteiger partial charge in [-0.25, -0.2) is 8.42 Å². The molecule has 18 heavy (non-hydrogen) atoms. The highest BCUT2D eigenvalue weighted by Gasteiger charge is 2.20. The van der Waals surface area contributed by atoms with Crippen molar-refractivity contribution < 1.29 is 8.42 Å². The first-order valence-electron chi connectivity index (χ1n) is 5.23. The van der Waals surface area contributed by atoms with Crippen LogP contribution in [-0.2, 0) is 16.6 Å². The topological polar surface area (TPSA) is 37.4 Å². The Morgan fingerprint density at radius 1 is 1.33 bits per heavy atom. The minimum Gasteiger partial charge on any atom is -0.207 e. The fourth-order valence-corrected chi connectivity index (χ4v) is 3.95. The Kier molecular flexibility index (Phi) is 4.21. The van der Waals surface area contributed by atoms with Crippen LogP contribution in [0.25, 0.3) is 0 Å². The van der Waals surface area contributed by atoms with Gasteiger partial charge in [0.25, 0.3) is 0 Å². The van der Waals surface area contributed by atoms with Gasteiger partial charge < -0.3 is 0 Å². The van der Waals surface area contributed by atoms with Crippen LogP contribution in [0, 0.1) is 0 Å². The second-order valence-electron chi connectivity index (χ2n) is 3.85. The molecule has 2 rings (SSSR count). The second kappa shape index (κ2) is 5.52. The molecule has 0 saturated carbocycles. The number of benzene rings is 1. The zero-order chi connectivity index (χ0) is 13.2. The number of hydrogen-bond acceptors (Lipinski definition) is 3. The maximum Gasteiger partial charge on any atom is 0.243 e. The molecule has 0 aliphatic heterocycles. The second-order valence-corrected chi connectivity index (χ2v) is 7.59. The van der Waals surface area contributed by atoms with E-state index in [1.165, 1.54) is 4.31 Å². The van der Waals surface area contributed by atoms with E-state index in [-0.39, 0.29) is 0 Å². The molecule has 0 aliphatic rings. The minimum atomic E-state index is -3.43. The van der Waals surface area contributed by atoms with Gasteiger partial charge in [-0.15, -0.1) is 0 Å². The first-order chi connectivity index (χ1) is 8.50. The molecule has 6 heteroatoms. The fourth-order valence-electron chi connectivity index (χ4n) is 1.53. The summed E-state index contributed by atoms with van der Waals surface area (Å²) >= 11 is 4.84. The first kappa shape index (κ1) is 13.7. The zero-order valence-corrected chi connectivity index (χ0v) is 12.9. The molecule has 0 unspecified atom stereocenters. The summed E-state index contributed by atoms with van der Waals surface area (Å²) < 4.78 is 26.8.